The number of rotatable bonds is 7. The van der Waals surface area contributed by atoms with Crippen LogP contribution in [-0.4, -0.2) is 53.2 Å². The number of methoxy groups -OCH3 is 1. The molecule has 5 rings (SSSR count). The molecule has 4 aromatic rings. The number of fused-ring (bicyclic) bond motifs is 2. The van der Waals surface area contributed by atoms with Crippen LogP contribution in [-0.2, 0) is 0 Å². The van der Waals surface area contributed by atoms with Gasteiger partial charge in [0.2, 0.25) is 5.88 Å². The van der Waals surface area contributed by atoms with E-state index in [4.69, 9.17) is 14.2 Å². The lowest BCUT2D eigenvalue weighted by atomic mass is 10.1. The minimum absolute atomic E-state index is 0.487. The average molecular weight is 433 g/mol. The molecule has 1 saturated heterocycles. The summed E-state index contributed by atoms with van der Waals surface area (Å²) in [6.45, 7) is 8.02. The van der Waals surface area contributed by atoms with Gasteiger partial charge in [-0.05, 0) is 69.6 Å². The molecular formula is C25H28N4O3. The van der Waals surface area contributed by atoms with E-state index in [0.29, 0.717) is 24.0 Å². The SMILES string of the molecule is COc1cc2c(Oc3ccc4[nH]c(C)c(C)c4c3)ncnc2cc1OCCN1CCCC1. The molecule has 0 spiro atoms. The fraction of sp³-hybridized carbons (Fsp3) is 0.360. The Morgan fingerprint density at radius 2 is 1.84 bits per heavy atom. The van der Waals surface area contributed by atoms with Crippen molar-refractivity contribution >= 4 is 21.8 Å². The number of hydrogen-bond donors (Lipinski definition) is 1. The fourth-order valence-corrected chi connectivity index (χ4v) is 4.30. The first kappa shape index (κ1) is 20.6. The minimum Gasteiger partial charge on any atom is -0.493 e. The fourth-order valence-electron chi connectivity index (χ4n) is 4.30. The number of hydrogen-bond acceptors (Lipinski definition) is 6. The molecule has 0 saturated carbocycles. The van der Waals surface area contributed by atoms with Crippen molar-refractivity contribution in [2.45, 2.75) is 26.7 Å². The topological polar surface area (TPSA) is 72.5 Å². The highest BCUT2D eigenvalue weighted by Crippen LogP contribution is 2.36. The normalized spacial score (nSPS) is 14.3. The molecule has 0 amide bonds. The van der Waals surface area contributed by atoms with E-state index in [1.165, 1.54) is 24.7 Å². The molecule has 166 valence electrons. The molecule has 0 unspecified atom stereocenters. The highest BCUT2D eigenvalue weighted by atomic mass is 16.5. The predicted octanol–water partition coefficient (Wildman–Crippen LogP) is 5.00. The smallest absolute Gasteiger partial charge is 0.230 e. The van der Waals surface area contributed by atoms with E-state index < -0.39 is 0 Å². The van der Waals surface area contributed by atoms with Crippen molar-refractivity contribution in [2.24, 2.45) is 0 Å². The van der Waals surface area contributed by atoms with Crippen LogP contribution in [0.5, 0.6) is 23.1 Å². The van der Waals surface area contributed by atoms with Crippen molar-refractivity contribution < 1.29 is 14.2 Å². The Labute approximate surface area is 187 Å². The number of H-pyrrole nitrogens is 1. The molecule has 1 aliphatic heterocycles. The molecule has 0 aliphatic carbocycles. The van der Waals surface area contributed by atoms with Gasteiger partial charge in [-0.25, -0.2) is 9.97 Å². The van der Waals surface area contributed by atoms with Crippen molar-refractivity contribution in [3.63, 3.8) is 0 Å². The first-order valence-corrected chi connectivity index (χ1v) is 11.1. The molecule has 0 radical (unpaired) electrons. The van der Waals surface area contributed by atoms with Gasteiger partial charge < -0.3 is 19.2 Å². The van der Waals surface area contributed by atoms with Crippen LogP contribution in [0, 0.1) is 13.8 Å². The zero-order chi connectivity index (χ0) is 22.1. The molecule has 2 aromatic carbocycles. The van der Waals surface area contributed by atoms with Gasteiger partial charge in [0.15, 0.2) is 11.5 Å². The zero-order valence-corrected chi connectivity index (χ0v) is 18.8. The maximum atomic E-state index is 6.18. The Bertz CT molecular complexity index is 1260. The Balaban J connectivity index is 1.41. The monoisotopic (exact) mass is 432 g/mol. The summed E-state index contributed by atoms with van der Waals surface area (Å²) < 4.78 is 17.8. The van der Waals surface area contributed by atoms with Gasteiger partial charge in [-0.1, -0.05) is 0 Å². The molecular weight excluding hydrogens is 404 g/mol. The van der Waals surface area contributed by atoms with E-state index in [9.17, 15) is 0 Å². The third-order valence-electron chi connectivity index (χ3n) is 6.24. The molecule has 7 heteroatoms. The molecule has 1 fully saturated rings. The van der Waals surface area contributed by atoms with Crippen LogP contribution in [0.25, 0.3) is 21.8 Å². The second-order valence-electron chi connectivity index (χ2n) is 8.28. The zero-order valence-electron chi connectivity index (χ0n) is 18.8. The lowest BCUT2D eigenvalue weighted by Crippen LogP contribution is -2.25. The number of nitrogens with zero attached hydrogens (tertiary/aromatic N) is 3. The van der Waals surface area contributed by atoms with Crippen molar-refractivity contribution in [3.8, 4) is 23.1 Å². The van der Waals surface area contributed by atoms with Gasteiger partial charge in [-0.3, -0.25) is 4.90 Å². The molecule has 2 aromatic heterocycles. The molecule has 7 nitrogen and oxygen atoms in total. The first-order chi connectivity index (χ1) is 15.6. The van der Waals surface area contributed by atoms with Crippen molar-refractivity contribution in [1.29, 1.82) is 0 Å². The highest BCUT2D eigenvalue weighted by Gasteiger charge is 2.15. The van der Waals surface area contributed by atoms with Gasteiger partial charge in [0.1, 0.15) is 18.7 Å². The summed E-state index contributed by atoms with van der Waals surface area (Å²) in [5, 5.41) is 1.92. The Morgan fingerprint density at radius 3 is 2.66 bits per heavy atom. The van der Waals surface area contributed by atoms with E-state index in [-0.39, 0.29) is 0 Å². The first-order valence-electron chi connectivity index (χ1n) is 11.1. The van der Waals surface area contributed by atoms with E-state index in [1.807, 2.05) is 30.3 Å². The van der Waals surface area contributed by atoms with Crippen molar-refractivity contribution in [3.05, 3.63) is 47.9 Å². The Kier molecular flexibility index (Phi) is 5.57. The van der Waals surface area contributed by atoms with Gasteiger partial charge in [0, 0.05) is 29.2 Å². The average Bonchev–Trinajstić information content (AvgIpc) is 3.42. The maximum Gasteiger partial charge on any atom is 0.230 e. The van der Waals surface area contributed by atoms with Gasteiger partial charge in [-0.2, -0.15) is 0 Å². The number of likely N-dealkylation sites (tertiary alicyclic amines) is 1. The standard InChI is InChI=1S/C25H28N4O3/c1-16-17(2)28-21-7-6-18(12-19(16)21)32-25-20-13-23(30-3)24(14-22(20)26-15-27-25)31-11-10-29-8-4-5-9-29/h6-7,12-15,28H,4-5,8-11H2,1-3H3. The lowest BCUT2D eigenvalue weighted by molar-refractivity contribution is 0.230. The summed E-state index contributed by atoms with van der Waals surface area (Å²) in [4.78, 5) is 14.6. The molecule has 0 bridgehead atoms. The van der Waals surface area contributed by atoms with Crippen molar-refractivity contribution in [1.82, 2.24) is 19.9 Å². The van der Waals surface area contributed by atoms with Crippen LogP contribution in [0.1, 0.15) is 24.1 Å². The predicted molar refractivity (Wildman–Crippen MR) is 125 cm³/mol. The van der Waals surface area contributed by atoms with Crippen LogP contribution in [0.4, 0.5) is 0 Å². The largest absolute Gasteiger partial charge is 0.493 e. The Hall–Kier alpha value is -3.32. The summed E-state index contributed by atoms with van der Waals surface area (Å²) in [5.41, 5.74) is 4.22. The summed E-state index contributed by atoms with van der Waals surface area (Å²) in [6.07, 6.45) is 4.06. The second kappa shape index (κ2) is 8.67. The molecule has 1 aliphatic rings. The van der Waals surface area contributed by atoms with Crippen LogP contribution in [0.15, 0.2) is 36.7 Å². The van der Waals surface area contributed by atoms with Crippen LogP contribution in [0.2, 0.25) is 0 Å². The summed E-state index contributed by atoms with van der Waals surface area (Å²) in [5.74, 6) is 2.54. The van der Waals surface area contributed by atoms with Crippen LogP contribution >= 0.6 is 0 Å². The Morgan fingerprint density at radius 1 is 1.00 bits per heavy atom. The van der Waals surface area contributed by atoms with E-state index >= 15 is 0 Å². The molecule has 3 heterocycles. The van der Waals surface area contributed by atoms with Crippen LogP contribution < -0.4 is 14.2 Å². The summed E-state index contributed by atoms with van der Waals surface area (Å²) >= 11 is 0. The van der Waals surface area contributed by atoms with Crippen molar-refractivity contribution in [2.75, 3.05) is 33.4 Å². The summed E-state index contributed by atoms with van der Waals surface area (Å²) in [7, 11) is 1.64. The van der Waals surface area contributed by atoms with Crippen LogP contribution in [0.3, 0.4) is 0 Å². The quantitative estimate of drug-likeness (QED) is 0.443. The summed E-state index contributed by atoms with van der Waals surface area (Å²) in [6, 6.07) is 9.80. The minimum atomic E-state index is 0.487. The van der Waals surface area contributed by atoms with Gasteiger partial charge in [0.05, 0.1) is 18.0 Å². The number of ether oxygens (including phenoxy) is 3. The lowest BCUT2D eigenvalue weighted by Gasteiger charge is -2.17. The number of nitrogens with one attached hydrogen (secondary N) is 1. The molecule has 1 N–H and O–H groups in total. The number of aromatic amines is 1. The third kappa shape index (κ3) is 3.96. The number of aromatic nitrogens is 3. The third-order valence-corrected chi connectivity index (χ3v) is 6.24. The maximum absolute atomic E-state index is 6.18. The van der Waals surface area contributed by atoms with E-state index in [1.54, 1.807) is 7.11 Å². The molecule has 0 atom stereocenters. The highest BCUT2D eigenvalue weighted by molar-refractivity contribution is 5.88. The number of aryl methyl sites for hydroxylation is 2. The molecule has 32 heavy (non-hydrogen) atoms. The van der Waals surface area contributed by atoms with Gasteiger partial charge >= 0.3 is 0 Å². The van der Waals surface area contributed by atoms with E-state index in [0.717, 1.165) is 52.9 Å². The van der Waals surface area contributed by atoms with Gasteiger partial charge in [0.25, 0.3) is 0 Å². The van der Waals surface area contributed by atoms with E-state index in [2.05, 4.69) is 33.7 Å². The van der Waals surface area contributed by atoms with Gasteiger partial charge in [-0.15, -0.1) is 0 Å². The second-order valence-corrected chi connectivity index (χ2v) is 8.28. The number of benzene rings is 2.